The molecule has 1 heterocycles. The highest BCUT2D eigenvalue weighted by Gasteiger charge is 2.39. The molecule has 0 aromatic heterocycles. The molecule has 0 aliphatic carbocycles. The van der Waals surface area contributed by atoms with Gasteiger partial charge in [-0.1, -0.05) is 6.07 Å². The number of hydrogen-bond acceptors (Lipinski definition) is 4. The molecule has 1 aromatic carbocycles. The van der Waals surface area contributed by atoms with Crippen LogP contribution >= 0.6 is 0 Å². The van der Waals surface area contributed by atoms with Crippen molar-refractivity contribution in [1.82, 2.24) is 10.4 Å². The van der Waals surface area contributed by atoms with E-state index < -0.39 is 17.6 Å². The normalized spacial score (nSPS) is 13.8. The quantitative estimate of drug-likeness (QED) is 0.348. The molecule has 17 heavy (non-hydrogen) atoms. The number of imide groups is 1. The number of fused-ring (bicyclic) bond motifs is 1. The lowest BCUT2D eigenvalue weighted by Crippen LogP contribution is -2.33. The van der Waals surface area contributed by atoms with Gasteiger partial charge in [0, 0.05) is 0 Å². The summed E-state index contributed by atoms with van der Waals surface area (Å²) in [6.07, 6.45) is 0.346. The summed E-state index contributed by atoms with van der Waals surface area (Å²) in [6.45, 7) is -0.351. The fourth-order valence-electron chi connectivity index (χ4n) is 1.48. The Morgan fingerprint density at radius 1 is 1.35 bits per heavy atom. The molecule has 0 saturated heterocycles. The van der Waals surface area contributed by atoms with Crippen molar-refractivity contribution in [2.75, 3.05) is 6.73 Å². The zero-order valence-electron chi connectivity index (χ0n) is 8.47. The molecule has 7 heteroatoms. The Balaban J connectivity index is 2.26. The minimum Gasteiger partial charge on any atom is -0.334 e. The number of nitrogens with zero attached hydrogens (tertiary/aromatic N) is 1. The molecular formula is C10H7FN2O4. The Morgan fingerprint density at radius 3 is 2.76 bits per heavy atom. The molecule has 3 amide bonds. The lowest BCUT2D eigenvalue weighted by molar-refractivity contribution is -0.121. The van der Waals surface area contributed by atoms with E-state index in [0.29, 0.717) is 11.5 Å². The summed E-state index contributed by atoms with van der Waals surface area (Å²) in [4.78, 5) is 38.0. The molecule has 1 N–H and O–H groups in total. The van der Waals surface area contributed by atoms with Crippen LogP contribution in [0.1, 0.15) is 20.7 Å². The first kappa shape index (κ1) is 11.2. The van der Waals surface area contributed by atoms with Crippen molar-refractivity contribution in [1.29, 1.82) is 0 Å². The van der Waals surface area contributed by atoms with Crippen LogP contribution in [0.5, 0.6) is 0 Å². The topological polar surface area (TPSA) is 75.7 Å². The van der Waals surface area contributed by atoms with E-state index in [2.05, 4.69) is 5.32 Å². The van der Waals surface area contributed by atoms with Crippen LogP contribution in [0.4, 0.5) is 4.39 Å². The summed E-state index contributed by atoms with van der Waals surface area (Å²) in [7, 11) is 0. The minimum absolute atomic E-state index is 0.0545. The van der Waals surface area contributed by atoms with Crippen molar-refractivity contribution in [2.24, 2.45) is 0 Å². The average molecular weight is 238 g/mol. The van der Waals surface area contributed by atoms with E-state index in [1.54, 1.807) is 0 Å². The van der Waals surface area contributed by atoms with Crippen molar-refractivity contribution in [3.63, 3.8) is 0 Å². The van der Waals surface area contributed by atoms with Crippen LogP contribution in [0.2, 0.25) is 0 Å². The van der Waals surface area contributed by atoms with Gasteiger partial charge < -0.3 is 5.32 Å². The second kappa shape index (κ2) is 4.30. The molecule has 88 valence electrons. The Hall–Kier alpha value is -2.28. The van der Waals surface area contributed by atoms with E-state index in [4.69, 9.17) is 4.84 Å². The maximum Gasteiger partial charge on any atom is 0.288 e. The monoisotopic (exact) mass is 238 g/mol. The number of amides is 3. The van der Waals surface area contributed by atoms with E-state index in [1.165, 1.54) is 12.1 Å². The largest absolute Gasteiger partial charge is 0.334 e. The molecule has 0 saturated carbocycles. The molecular weight excluding hydrogens is 231 g/mol. The summed E-state index contributed by atoms with van der Waals surface area (Å²) < 4.78 is 13.3. The van der Waals surface area contributed by atoms with Gasteiger partial charge in [0.05, 0.1) is 11.1 Å². The van der Waals surface area contributed by atoms with Crippen LogP contribution in [-0.4, -0.2) is 30.0 Å². The predicted octanol–water partition coefficient (Wildman–Crippen LogP) is 0.0568. The van der Waals surface area contributed by atoms with Crippen LogP contribution in [0, 0.1) is 5.82 Å². The van der Waals surface area contributed by atoms with Crippen LogP contribution in [0.25, 0.3) is 0 Å². The van der Waals surface area contributed by atoms with Gasteiger partial charge in [-0.25, -0.2) is 9.23 Å². The highest BCUT2D eigenvalue weighted by molar-refractivity contribution is 6.20. The number of carbonyl (C=O) groups excluding carboxylic acids is 3. The van der Waals surface area contributed by atoms with Gasteiger partial charge >= 0.3 is 0 Å². The number of benzene rings is 1. The molecule has 0 fully saturated rings. The highest BCUT2D eigenvalue weighted by Crippen LogP contribution is 2.24. The lowest BCUT2D eigenvalue weighted by atomic mass is 10.1. The van der Waals surface area contributed by atoms with E-state index in [9.17, 15) is 18.8 Å². The third-order valence-electron chi connectivity index (χ3n) is 2.19. The van der Waals surface area contributed by atoms with Gasteiger partial charge in [0.15, 0.2) is 0 Å². The lowest BCUT2D eigenvalue weighted by Gasteiger charge is -2.12. The molecule has 0 atom stereocenters. The van der Waals surface area contributed by atoms with E-state index in [1.807, 2.05) is 0 Å². The Bertz CT molecular complexity index is 503. The zero-order valence-corrected chi connectivity index (χ0v) is 8.47. The van der Waals surface area contributed by atoms with Crippen molar-refractivity contribution in [3.05, 3.63) is 35.1 Å². The fraction of sp³-hybridized carbons (Fsp3) is 0.100. The van der Waals surface area contributed by atoms with Gasteiger partial charge in [-0.2, -0.15) is 0 Å². The van der Waals surface area contributed by atoms with Gasteiger partial charge in [0.2, 0.25) is 6.41 Å². The fourth-order valence-corrected chi connectivity index (χ4v) is 1.48. The number of rotatable bonds is 4. The van der Waals surface area contributed by atoms with Gasteiger partial charge in [-0.3, -0.25) is 14.4 Å². The molecule has 0 unspecified atom stereocenters. The number of halogens is 1. The Labute approximate surface area is 94.9 Å². The summed E-state index contributed by atoms with van der Waals surface area (Å²) in [5.74, 6) is -2.41. The first-order valence-electron chi connectivity index (χ1n) is 4.64. The van der Waals surface area contributed by atoms with E-state index in [-0.39, 0.29) is 17.9 Å². The van der Waals surface area contributed by atoms with Gasteiger partial charge in [0.25, 0.3) is 11.8 Å². The van der Waals surface area contributed by atoms with E-state index in [0.717, 1.165) is 6.07 Å². The van der Waals surface area contributed by atoms with E-state index >= 15 is 0 Å². The summed E-state index contributed by atoms with van der Waals surface area (Å²) in [5, 5.41) is 2.54. The maximum atomic E-state index is 13.3. The molecule has 1 aromatic rings. The van der Waals surface area contributed by atoms with Crippen molar-refractivity contribution < 1.29 is 23.6 Å². The third-order valence-corrected chi connectivity index (χ3v) is 2.19. The summed E-state index contributed by atoms with van der Waals surface area (Å²) in [5.41, 5.74) is -0.371. The molecule has 1 aliphatic heterocycles. The Morgan fingerprint density at radius 2 is 2.12 bits per heavy atom. The van der Waals surface area contributed by atoms with Gasteiger partial charge in [-0.05, 0) is 12.1 Å². The summed E-state index contributed by atoms with van der Waals surface area (Å²) >= 11 is 0. The maximum absolute atomic E-state index is 13.3. The predicted molar refractivity (Wildman–Crippen MR) is 52.1 cm³/mol. The van der Waals surface area contributed by atoms with Crippen LogP contribution in [0.3, 0.4) is 0 Å². The van der Waals surface area contributed by atoms with Crippen LogP contribution in [0.15, 0.2) is 18.2 Å². The first-order valence-corrected chi connectivity index (χ1v) is 4.64. The molecule has 1 aliphatic rings. The number of carbonyl (C=O) groups is 3. The molecule has 2 rings (SSSR count). The second-order valence-corrected chi connectivity index (χ2v) is 3.16. The number of hydroxylamine groups is 2. The van der Waals surface area contributed by atoms with Crippen LogP contribution in [-0.2, 0) is 9.63 Å². The smallest absolute Gasteiger partial charge is 0.288 e. The first-order chi connectivity index (χ1) is 8.16. The third kappa shape index (κ3) is 1.76. The van der Waals surface area contributed by atoms with Gasteiger partial charge in [-0.15, -0.1) is 5.06 Å². The number of hydrogen-bond donors (Lipinski definition) is 1. The molecule has 0 bridgehead atoms. The summed E-state index contributed by atoms with van der Waals surface area (Å²) in [6, 6.07) is 3.73. The van der Waals surface area contributed by atoms with Gasteiger partial charge in [0.1, 0.15) is 12.5 Å². The molecule has 0 radical (unpaired) electrons. The zero-order chi connectivity index (χ0) is 12.4. The van der Waals surface area contributed by atoms with Crippen molar-refractivity contribution in [2.45, 2.75) is 0 Å². The minimum atomic E-state index is -0.879. The molecule has 6 nitrogen and oxygen atoms in total. The Kier molecular flexibility index (Phi) is 2.84. The number of nitrogens with one attached hydrogen (secondary N) is 1. The van der Waals surface area contributed by atoms with Crippen molar-refractivity contribution in [3.8, 4) is 0 Å². The van der Waals surface area contributed by atoms with Crippen LogP contribution < -0.4 is 5.32 Å². The molecule has 0 spiro atoms. The average Bonchev–Trinajstić information content (AvgIpc) is 2.55. The highest BCUT2D eigenvalue weighted by atomic mass is 19.1. The standard InChI is InChI=1S/C10H7FN2O4/c11-7-3-1-2-6-8(7)10(16)13(9(6)15)17-5-12-4-14/h1-4H,5H2,(H,12,14). The second-order valence-electron chi connectivity index (χ2n) is 3.16. The van der Waals surface area contributed by atoms with Crippen molar-refractivity contribution >= 4 is 18.2 Å². The SMILES string of the molecule is O=CNCON1C(=O)c2cccc(F)c2C1=O.